The second-order valence-corrected chi connectivity index (χ2v) is 5.86. The van der Waals surface area contributed by atoms with Crippen molar-refractivity contribution in [1.29, 1.82) is 0 Å². The van der Waals surface area contributed by atoms with Crippen molar-refractivity contribution in [2.75, 3.05) is 13.1 Å². The Morgan fingerprint density at radius 2 is 1.50 bits per heavy atom. The zero-order chi connectivity index (χ0) is 15.4. The molecule has 1 aromatic rings. The van der Waals surface area contributed by atoms with Gasteiger partial charge in [-0.25, -0.2) is 8.42 Å². The van der Waals surface area contributed by atoms with E-state index >= 15 is 0 Å². The van der Waals surface area contributed by atoms with Gasteiger partial charge in [0.25, 0.3) is 0 Å². The molecule has 0 aromatic heterocycles. The summed E-state index contributed by atoms with van der Waals surface area (Å²) in [5.74, 6) is 0. The van der Waals surface area contributed by atoms with Crippen LogP contribution in [-0.2, 0) is 16.2 Å². The average Bonchev–Trinajstić information content (AvgIpc) is 2.37. The first kappa shape index (κ1) is 16.5. The molecule has 0 radical (unpaired) electrons. The van der Waals surface area contributed by atoms with Crippen LogP contribution in [0.4, 0.5) is 13.2 Å². The summed E-state index contributed by atoms with van der Waals surface area (Å²) in [7, 11) is -3.86. The van der Waals surface area contributed by atoms with Gasteiger partial charge < -0.3 is 0 Å². The average molecular weight is 305 g/mol. The Morgan fingerprint density at radius 3 is 1.85 bits per heavy atom. The zero-order valence-electron chi connectivity index (χ0n) is 10.6. The standard InChI is InChI=1S/C13H14F3NO2S/c1-3-9-17(10-4-2)20(18,19)12-7-5-11(6-8-12)13(14,15)16/h3-8H,1-2,9-10H2. The van der Waals surface area contributed by atoms with Crippen LogP contribution >= 0.6 is 0 Å². The van der Waals surface area contributed by atoms with E-state index in [-0.39, 0.29) is 18.0 Å². The number of halogens is 3. The van der Waals surface area contributed by atoms with Crippen LogP contribution in [0.25, 0.3) is 0 Å². The Hall–Kier alpha value is -1.60. The van der Waals surface area contributed by atoms with Crippen LogP contribution in [0, 0.1) is 0 Å². The molecule has 3 nitrogen and oxygen atoms in total. The molecule has 0 heterocycles. The van der Waals surface area contributed by atoms with Crippen molar-refractivity contribution in [2.24, 2.45) is 0 Å². The quantitative estimate of drug-likeness (QED) is 0.758. The van der Waals surface area contributed by atoms with Gasteiger partial charge in [0.1, 0.15) is 0 Å². The summed E-state index contributed by atoms with van der Waals surface area (Å²) < 4.78 is 62.8. The predicted molar refractivity (Wildman–Crippen MR) is 70.6 cm³/mol. The first-order valence-corrected chi connectivity index (χ1v) is 7.06. The molecule has 1 rings (SSSR count). The highest BCUT2D eigenvalue weighted by atomic mass is 32.2. The maximum atomic E-state index is 12.4. The lowest BCUT2D eigenvalue weighted by molar-refractivity contribution is -0.137. The Labute approximate surface area is 116 Å². The van der Waals surface area contributed by atoms with Crippen molar-refractivity contribution < 1.29 is 21.6 Å². The highest BCUT2D eigenvalue weighted by Gasteiger charge is 2.31. The number of benzene rings is 1. The maximum Gasteiger partial charge on any atom is 0.416 e. The summed E-state index contributed by atoms with van der Waals surface area (Å²) in [6.07, 6.45) is -1.71. The zero-order valence-corrected chi connectivity index (χ0v) is 11.4. The molecule has 0 atom stereocenters. The number of alkyl halides is 3. The van der Waals surface area contributed by atoms with Crippen LogP contribution < -0.4 is 0 Å². The molecule has 0 unspecified atom stereocenters. The molecule has 0 aliphatic heterocycles. The number of hydrogen-bond donors (Lipinski definition) is 0. The van der Waals surface area contributed by atoms with E-state index < -0.39 is 21.8 Å². The summed E-state index contributed by atoms with van der Waals surface area (Å²) in [4.78, 5) is -0.200. The predicted octanol–water partition coefficient (Wildman–Crippen LogP) is 3.07. The number of sulfonamides is 1. The number of hydrogen-bond acceptors (Lipinski definition) is 2. The van der Waals surface area contributed by atoms with E-state index in [1.54, 1.807) is 0 Å². The lowest BCUT2D eigenvalue weighted by Crippen LogP contribution is -2.31. The lowest BCUT2D eigenvalue weighted by Gasteiger charge is -2.19. The van der Waals surface area contributed by atoms with E-state index in [1.807, 2.05) is 0 Å². The van der Waals surface area contributed by atoms with Crippen molar-refractivity contribution in [1.82, 2.24) is 4.31 Å². The minimum atomic E-state index is -4.50. The lowest BCUT2D eigenvalue weighted by atomic mass is 10.2. The molecule has 0 fully saturated rings. The molecule has 0 amide bonds. The van der Waals surface area contributed by atoms with E-state index in [1.165, 1.54) is 12.2 Å². The molecule has 110 valence electrons. The van der Waals surface area contributed by atoms with Gasteiger partial charge in [-0.1, -0.05) is 12.2 Å². The summed E-state index contributed by atoms with van der Waals surface area (Å²) in [6.45, 7) is 7.00. The highest BCUT2D eigenvalue weighted by Crippen LogP contribution is 2.30. The minimum absolute atomic E-state index is 0.0510. The van der Waals surface area contributed by atoms with Gasteiger partial charge in [-0.2, -0.15) is 17.5 Å². The molecule has 0 spiro atoms. The third-order valence-electron chi connectivity index (χ3n) is 2.48. The molecular weight excluding hydrogens is 291 g/mol. The molecule has 20 heavy (non-hydrogen) atoms. The van der Waals surface area contributed by atoms with Crippen molar-refractivity contribution in [3.63, 3.8) is 0 Å². The molecule has 0 saturated carbocycles. The Kier molecular flexibility index (Phi) is 5.13. The van der Waals surface area contributed by atoms with E-state index in [9.17, 15) is 21.6 Å². The van der Waals surface area contributed by atoms with Crippen LogP contribution in [0.5, 0.6) is 0 Å². The molecular formula is C13H14F3NO2S. The third kappa shape index (κ3) is 3.71. The van der Waals surface area contributed by atoms with E-state index in [4.69, 9.17) is 0 Å². The Morgan fingerprint density at radius 1 is 1.05 bits per heavy atom. The first-order valence-electron chi connectivity index (χ1n) is 5.62. The van der Waals surface area contributed by atoms with Crippen LogP contribution in [0.2, 0.25) is 0 Å². The largest absolute Gasteiger partial charge is 0.416 e. The van der Waals surface area contributed by atoms with Gasteiger partial charge in [-0.15, -0.1) is 13.2 Å². The van der Waals surface area contributed by atoms with Gasteiger partial charge in [0.15, 0.2) is 0 Å². The van der Waals surface area contributed by atoms with Crippen LogP contribution in [-0.4, -0.2) is 25.8 Å². The summed E-state index contributed by atoms with van der Waals surface area (Å²) in [6, 6.07) is 3.37. The fraction of sp³-hybridized carbons (Fsp3) is 0.231. The SMILES string of the molecule is C=CCN(CC=C)S(=O)(=O)c1ccc(C(F)(F)F)cc1. The monoisotopic (exact) mass is 305 g/mol. The van der Waals surface area contributed by atoms with Gasteiger partial charge >= 0.3 is 6.18 Å². The fourth-order valence-electron chi connectivity index (χ4n) is 1.52. The molecule has 0 aliphatic rings. The summed E-state index contributed by atoms with van der Waals surface area (Å²) in [5.41, 5.74) is -0.893. The Balaban J connectivity index is 3.14. The number of rotatable bonds is 6. The molecule has 1 aromatic carbocycles. The molecule has 0 aliphatic carbocycles. The minimum Gasteiger partial charge on any atom is -0.207 e. The maximum absolute atomic E-state index is 12.4. The third-order valence-corrected chi connectivity index (χ3v) is 4.33. The highest BCUT2D eigenvalue weighted by molar-refractivity contribution is 7.89. The first-order chi connectivity index (χ1) is 9.23. The Bertz CT molecular complexity index is 567. The van der Waals surface area contributed by atoms with Crippen LogP contribution in [0.15, 0.2) is 54.5 Å². The second kappa shape index (κ2) is 6.23. The fourth-order valence-corrected chi connectivity index (χ4v) is 2.91. The number of nitrogens with zero attached hydrogens (tertiary/aromatic N) is 1. The molecule has 0 bridgehead atoms. The normalized spacial score (nSPS) is 12.4. The van der Waals surface area contributed by atoms with E-state index in [0.29, 0.717) is 0 Å². The molecule has 0 N–H and O–H groups in total. The van der Waals surface area contributed by atoms with Gasteiger partial charge in [0.2, 0.25) is 10.0 Å². The van der Waals surface area contributed by atoms with Crippen molar-refractivity contribution in [3.8, 4) is 0 Å². The second-order valence-electron chi connectivity index (χ2n) is 3.92. The van der Waals surface area contributed by atoms with Gasteiger partial charge in [-0.3, -0.25) is 0 Å². The molecule has 0 saturated heterocycles. The van der Waals surface area contributed by atoms with E-state index in [2.05, 4.69) is 13.2 Å². The van der Waals surface area contributed by atoms with Crippen molar-refractivity contribution >= 4 is 10.0 Å². The van der Waals surface area contributed by atoms with Gasteiger partial charge in [-0.05, 0) is 24.3 Å². The summed E-state index contributed by atoms with van der Waals surface area (Å²) in [5, 5.41) is 0. The summed E-state index contributed by atoms with van der Waals surface area (Å²) >= 11 is 0. The van der Waals surface area contributed by atoms with Crippen molar-refractivity contribution in [2.45, 2.75) is 11.1 Å². The van der Waals surface area contributed by atoms with Crippen LogP contribution in [0.1, 0.15) is 5.56 Å². The van der Waals surface area contributed by atoms with Crippen molar-refractivity contribution in [3.05, 3.63) is 55.1 Å². The topological polar surface area (TPSA) is 37.4 Å². The van der Waals surface area contributed by atoms with Gasteiger partial charge in [0, 0.05) is 13.1 Å². The van der Waals surface area contributed by atoms with Gasteiger partial charge in [0.05, 0.1) is 10.5 Å². The van der Waals surface area contributed by atoms with Crippen LogP contribution in [0.3, 0.4) is 0 Å². The smallest absolute Gasteiger partial charge is 0.207 e. The van der Waals surface area contributed by atoms with E-state index in [0.717, 1.165) is 28.6 Å². The molecule has 7 heteroatoms.